The monoisotopic (exact) mass is 479 g/mol. The van der Waals surface area contributed by atoms with Crippen LogP contribution in [0.1, 0.15) is 28.3 Å². The summed E-state index contributed by atoms with van der Waals surface area (Å²) >= 11 is 0. The second-order valence-electron chi connectivity index (χ2n) is 9.50. The van der Waals surface area contributed by atoms with Gasteiger partial charge in [0.1, 0.15) is 11.6 Å². The Morgan fingerprint density at radius 3 is 2.16 bits per heavy atom. The van der Waals surface area contributed by atoms with Gasteiger partial charge in [0.2, 0.25) is 0 Å². The molecule has 2 aromatic heterocycles. The summed E-state index contributed by atoms with van der Waals surface area (Å²) in [6.45, 7) is 7.95. The lowest BCUT2D eigenvalue weighted by atomic mass is 9.97. The molecule has 0 unspecified atom stereocenters. The van der Waals surface area contributed by atoms with Crippen LogP contribution in [-0.2, 0) is 0 Å². The molecule has 0 aliphatic heterocycles. The second kappa shape index (κ2) is 8.69. The SMILES string of the molecule is Cc1ccc(-c2ccc3c4ccccc4n(-c4ccc(-c5nc(C)nc(C)n5)c(C#N)c4)c3c2)c(C)c1. The lowest BCUT2D eigenvalue weighted by Gasteiger charge is -2.12. The van der Waals surface area contributed by atoms with Crippen LogP contribution >= 0.6 is 0 Å². The van der Waals surface area contributed by atoms with Crippen molar-refractivity contribution in [2.24, 2.45) is 0 Å². The molecule has 0 fully saturated rings. The highest BCUT2D eigenvalue weighted by Gasteiger charge is 2.16. The first-order valence-corrected chi connectivity index (χ1v) is 12.3. The highest BCUT2D eigenvalue weighted by atomic mass is 15.0. The zero-order valence-corrected chi connectivity index (χ0v) is 21.2. The molecule has 2 heterocycles. The van der Waals surface area contributed by atoms with Crippen LogP contribution in [0.5, 0.6) is 0 Å². The standard InChI is InChI=1S/C32H25N5/c1-19-9-12-26(20(2)15-19)23-10-13-29-28-7-5-6-8-30(28)37(31(29)17-23)25-11-14-27(24(16-25)18-33)32-35-21(3)34-22(4)36-32/h5-17H,1-4H3. The Morgan fingerprint density at radius 1 is 0.676 bits per heavy atom. The summed E-state index contributed by atoms with van der Waals surface area (Å²) in [6, 6.07) is 29.9. The van der Waals surface area contributed by atoms with Crippen LogP contribution in [-0.4, -0.2) is 19.5 Å². The minimum Gasteiger partial charge on any atom is -0.309 e. The molecule has 0 saturated carbocycles. The molecule has 0 radical (unpaired) electrons. The normalized spacial score (nSPS) is 11.2. The van der Waals surface area contributed by atoms with Crippen LogP contribution in [0.25, 0.3) is 50.0 Å². The van der Waals surface area contributed by atoms with Gasteiger partial charge in [0.05, 0.1) is 22.7 Å². The molecule has 5 nitrogen and oxygen atoms in total. The topological polar surface area (TPSA) is 67.4 Å². The summed E-state index contributed by atoms with van der Waals surface area (Å²) in [5.41, 5.74) is 9.24. The van der Waals surface area contributed by atoms with Gasteiger partial charge in [-0.1, -0.05) is 54.1 Å². The van der Waals surface area contributed by atoms with Gasteiger partial charge in [0.15, 0.2) is 5.82 Å². The molecule has 0 atom stereocenters. The van der Waals surface area contributed by atoms with E-state index < -0.39 is 0 Å². The quantitative estimate of drug-likeness (QED) is 0.265. The summed E-state index contributed by atoms with van der Waals surface area (Å²) < 4.78 is 2.24. The van der Waals surface area contributed by atoms with Crippen molar-refractivity contribution >= 4 is 21.8 Å². The summed E-state index contributed by atoms with van der Waals surface area (Å²) in [7, 11) is 0. The number of hydrogen-bond acceptors (Lipinski definition) is 4. The van der Waals surface area contributed by atoms with E-state index in [1.165, 1.54) is 33.0 Å². The number of aromatic nitrogens is 4. The number of para-hydroxylation sites is 1. The largest absolute Gasteiger partial charge is 0.309 e. The van der Waals surface area contributed by atoms with Gasteiger partial charge in [-0.15, -0.1) is 0 Å². The molecule has 0 bridgehead atoms. The molecular weight excluding hydrogens is 454 g/mol. The van der Waals surface area contributed by atoms with E-state index in [1.807, 2.05) is 32.0 Å². The van der Waals surface area contributed by atoms with Crippen molar-refractivity contribution in [2.75, 3.05) is 0 Å². The van der Waals surface area contributed by atoms with E-state index in [1.54, 1.807) is 0 Å². The zero-order chi connectivity index (χ0) is 25.7. The molecule has 37 heavy (non-hydrogen) atoms. The van der Waals surface area contributed by atoms with E-state index in [0.717, 1.165) is 16.7 Å². The summed E-state index contributed by atoms with van der Waals surface area (Å²) in [5, 5.41) is 12.4. The fraction of sp³-hybridized carbons (Fsp3) is 0.125. The molecular formula is C32H25N5. The number of rotatable bonds is 3. The van der Waals surface area contributed by atoms with Crippen molar-refractivity contribution < 1.29 is 0 Å². The highest BCUT2D eigenvalue weighted by Crippen LogP contribution is 2.36. The lowest BCUT2D eigenvalue weighted by molar-refractivity contribution is 0.928. The van der Waals surface area contributed by atoms with Gasteiger partial charge < -0.3 is 4.57 Å². The van der Waals surface area contributed by atoms with Crippen molar-refractivity contribution in [1.82, 2.24) is 19.5 Å². The van der Waals surface area contributed by atoms with Crippen molar-refractivity contribution in [1.29, 1.82) is 5.26 Å². The molecule has 6 rings (SSSR count). The number of aryl methyl sites for hydroxylation is 4. The molecule has 0 N–H and O–H groups in total. The van der Waals surface area contributed by atoms with Crippen LogP contribution in [0.2, 0.25) is 0 Å². The van der Waals surface area contributed by atoms with Crippen LogP contribution in [0, 0.1) is 39.0 Å². The first-order chi connectivity index (χ1) is 17.9. The van der Waals surface area contributed by atoms with Gasteiger partial charge in [-0.05, 0) is 74.7 Å². The number of benzene rings is 4. The van der Waals surface area contributed by atoms with Crippen molar-refractivity contribution in [3.8, 4) is 34.3 Å². The Bertz CT molecular complexity index is 1870. The fourth-order valence-corrected chi connectivity index (χ4v) is 5.25. The first-order valence-electron chi connectivity index (χ1n) is 12.3. The van der Waals surface area contributed by atoms with Gasteiger partial charge in [0.25, 0.3) is 0 Å². The molecule has 0 amide bonds. The van der Waals surface area contributed by atoms with Crippen LogP contribution in [0.3, 0.4) is 0 Å². The zero-order valence-electron chi connectivity index (χ0n) is 21.2. The minimum atomic E-state index is 0.521. The Balaban J connectivity index is 1.60. The average Bonchev–Trinajstić information content (AvgIpc) is 3.21. The van der Waals surface area contributed by atoms with E-state index in [9.17, 15) is 5.26 Å². The Hall–Kier alpha value is -4.82. The predicted molar refractivity (Wildman–Crippen MR) is 149 cm³/mol. The van der Waals surface area contributed by atoms with Gasteiger partial charge in [-0.3, -0.25) is 0 Å². The maximum absolute atomic E-state index is 10.1. The van der Waals surface area contributed by atoms with Gasteiger partial charge >= 0.3 is 0 Å². The molecule has 0 spiro atoms. The first kappa shape index (κ1) is 22.6. The van der Waals surface area contributed by atoms with Crippen molar-refractivity contribution in [2.45, 2.75) is 27.7 Å². The predicted octanol–water partition coefficient (Wildman–Crippen LogP) is 7.41. The maximum Gasteiger partial charge on any atom is 0.164 e. The minimum absolute atomic E-state index is 0.521. The fourth-order valence-electron chi connectivity index (χ4n) is 5.25. The Morgan fingerprint density at radius 2 is 1.41 bits per heavy atom. The summed E-state index contributed by atoms with van der Waals surface area (Å²) in [5.74, 6) is 1.79. The number of hydrogen-bond donors (Lipinski definition) is 0. The molecule has 6 aromatic rings. The van der Waals surface area contributed by atoms with E-state index >= 15 is 0 Å². The average molecular weight is 480 g/mol. The molecule has 178 valence electrons. The molecule has 5 heteroatoms. The maximum atomic E-state index is 10.1. The van der Waals surface area contributed by atoms with E-state index in [-0.39, 0.29) is 0 Å². The summed E-state index contributed by atoms with van der Waals surface area (Å²) in [4.78, 5) is 13.2. The summed E-state index contributed by atoms with van der Waals surface area (Å²) in [6.07, 6.45) is 0. The number of fused-ring (bicyclic) bond motifs is 3. The lowest BCUT2D eigenvalue weighted by Crippen LogP contribution is -2.01. The third kappa shape index (κ3) is 3.84. The Labute approximate surface area is 215 Å². The van der Waals surface area contributed by atoms with E-state index in [2.05, 4.69) is 100 Å². The van der Waals surface area contributed by atoms with Crippen LogP contribution in [0.4, 0.5) is 0 Å². The van der Waals surface area contributed by atoms with E-state index in [4.69, 9.17) is 0 Å². The van der Waals surface area contributed by atoms with Gasteiger partial charge in [-0.2, -0.15) is 5.26 Å². The third-order valence-corrected chi connectivity index (χ3v) is 6.85. The van der Waals surface area contributed by atoms with Gasteiger partial charge in [0, 0.05) is 22.0 Å². The second-order valence-corrected chi connectivity index (χ2v) is 9.50. The van der Waals surface area contributed by atoms with Crippen LogP contribution in [0.15, 0.2) is 78.9 Å². The van der Waals surface area contributed by atoms with Crippen molar-refractivity contribution in [3.05, 3.63) is 107 Å². The smallest absolute Gasteiger partial charge is 0.164 e. The van der Waals surface area contributed by atoms with Crippen molar-refractivity contribution in [3.63, 3.8) is 0 Å². The van der Waals surface area contributed by atoms with Crippen LogP contribution < -0.4 is 0 Å². The Kier molecular flexibility index (Phi) is 5.31. The highest BCUT2D eigenvalue weighted by molar-refractivity contribution is 6.10. The molecule has 0 aliphatic rings. The molecule has 0 saturated heterocycles. The third-order valence-electron chi connectivity index (χ3n) is 6.85. The molecule has 4 aromatic carbocycles. The van der Waals surface area contributed by atoms with E-state index in [0.29, 0.717) is 28.6 Å². The van der Waals surface area contributed by atoms with Gasteiger partial charge in [-0.25, -0.2) is 15.0 Å². The molecule has 0 aliphatic carbocycles. The number of nitrogens with zero attached hydrogens (tertiary/aromatic N) is 5. The number of nitriles is 1.